The van der Waals surface area contributed by atoms with Crippen LogP contribution in [-0.2, 0) is 9.53 Å². The molecule has 0 amide bonds. The van der Waals surface area contributed by atoms with Crippen LogP contribution < -0.4 is 0 Å². The number of allylic oxidation sites excluding steroid dienone is 1. The molecule has 0 N–H and O–H groups in total. The van der Waals surface area contributed by atoms with Crippen LogP contribution in [0, 0.1) is 0 Å². The van der Waals surface area contributed by atoms with Gasteiger partial charge in [0.05, 0.1) is 0 Å². The van der Waals surface area contributed by atoms with Crippen LogP contribution in [0.25, 0.3) is 0 Å². The Labute approximate surface area is 95.9 Å². The molecule has 84 valence electrons. The molecule has 0 spiro atoms. The van der Waals surface area contributed by atoms with Crippen LogP contribution in [0.15, 0.2) is 42.5 Å². The number of ether oxygens (including phenoxy) is 1. The van der Waals surface area contributed by atoms with Crippen molar-refractivity contribution >= 4 is 5.97 Å². The van der Waals surface area contributed by atoms with Gasteiger partial charge in [0.25, 0.3) is 0 Å². The summed E-state index contributed by atoms with van der Waals surface area (Å²) in [6, 6.07) is 10.2. The number of rotatable bonds is 2. The zero-order valence-electron chi connectivity index (χ0n) is 9.43. The zero-order chi connectivity index (χ0) is 11.4. The largest absolute Gasteiger partial charge is 0.462 e. The van der Waals surface area contributed by atoms with Crippen LogP contribution in [0.4, 0.5) is 0 Å². The molecule has 2 nitrogen and oxygen atoms in total. The first kappa shape index (κ1) is 10.9. The number of hydrogen-bond acceptors (Lipinski definition) is 2. The van der Waals surface area contributed by atoms with Gasteiger partial charge in [-0.1, -0.05) is 42.5 Å². The summed E-state index contributed by atoms with van der Waals surface area (Å²) in [7, 11) is 0. The van der Waals surface area contributed by atoms with Crippen LogP contribution in [0.5, 0.6) is 0 Å². The predicted octanol–water partition coefficient (Wildman–Crippen LogP) is 3.05. The number of hydrogen-bond donors (Lipinski definition) is 0. The molecule has 0 radical (unpaired) electrons. The first-order valence-electron chi connectivity index (χ1n) is 5.66. The Morgan fingerprint density at radius 3 is 2.75 bits per heavy atom. The molecule has 16 heavy (non-hydrogen) atoms. The Balaban J connectivity index is 2.19. The molecule has 2 heteroatoms. The van der Waals surface area contributed by atoms with Crippen LogP contribution >= 0.6 is 0 Å². The van der Waals surface area contributed by atoms with Gasteiger partial charge in [0.15, 0.2) is 0 Å². The summed E-state index contributed by atoms with van der Waals surface area (Å²) in [5.74, 6) is 0.0140. The van der Waals surface area contributed by atoms with E-state index in [1.54, 1.807) is 0 Å². The minimum atomic E-state index is -0.193. The number of carbonyl (C=O) groups is 1. The number of carbonyl (C=O) groups excluding carboxylic acids is 1. The SMILES string of the molecule is CC(=O)O[C@@H]1CCC=C[C@H]1c1ccccc1. The van der Waals surface area contributed by atoms with Crippen molar-refractivity contribution in [2.24, 2.45) is 0 Å². The highest BCUT2D eigenvalue weighted by atomic mass is 16.5. The fourth-order valence-corrected chi connectivity index (χ4v) is 2.15. The topological polar surface area (TPSA) is 26.3 Å². The molecule has 0 saturated heterocycles. The Morgan fingerprint density at radius 1 is 1.31 bits per heavy atom. The zero-order valence-corrected chi connectivity index (χ0v) is 9.43. The van der Waals surface area contributed by atoms with Crippen molar-refractivity contribution in [3.8, 4) is 0 Å². The van der Waals surface area contributed by atoms with Crippen LogP contribution in [0.3, 0.4) is 0 Å². The highest BCUT2D eigenvalue weighted by molar-refractivity contribution is 5.66. The molecule has 0 fully saturated rings. The minimum absolute atomic E-state index is 0.00935. The lowest BCUT2D eigenvalue weighted by atomic mass is 9.86. The third-order valence-corrected chi connectivity index (χ3v) is 2.86. The number of benzene rings is 1. The average molecular weight is 216 g/mol. The molecule has 1 aromatic carbocycles. The second-order valence-corrected chi connectivity index (χ2v) is 4.09. The summed E-state index contributed by atoms with van der Waals surface area (Å²) in [6.45, 7) is 1.47. The van der Waals surface area contributed by atoms with E-state index in [4.69, 9.17) is 4.74 Å². The van der Waals surface area contributed by atoms with Gasteiger partial charge in [-0.05, 0) is 18.4 Å². The van der Waals surface area contributed by atoms with Gasteiger partial charge < -0.3 is 4.74 Å². The summed E-state index contributed by atoms with van der Waals surface area (Å²) in [6.07, 6.45) is 6.20. The molecular weight excluding hydrogens is 200 g/mol. The van der Waals surface area contributed by atoms with Gasteiger partial charge in [-0.2, -0.15) is 0 Å². The van der Waals surface area contributed by atoms with E-state index in [0.717, 1.165) is 12.8 Å². The van der Waals surface area contributed by atoms with E-state index < -0.39 is 0 Å². The van der Waals surface area contributed by atoms with E-state index in [-0.39, 0.29) is 18.0 Å². The van der Waals surface area contributed by atoms with Crippen LogP contribution in [0.1, 0.15) is 31.2 Å². The van der Waals surface area contributed by atoms with E-state index in [1.165, 1.54) is 12.5 Å². The monoisotopic (exact) mass is 216 g/mol. The molecule has 0 heterocycles. The van der Waals surface area contributed by atoms with Gasteiger partial charge >= 0.3 is 5.97 Å². The third-order valence-electron chi connectivity index (χ3n) is 2.86. The maximum atomic E-state index is 11.0. The van der Waals surface area contributed by atoms with Crippen molar-refractivity contribution in [1.29, 1.82) is 0 Å². The smallest absolute Gasteiger partial charge is 0.302 e. The highest BCUT2D eigenvalue weighted by Gasteiger charge is 2.25. The number of esters is 1. The molecule has 1 aliphatic carbocycles. The molecule has 1 aromatic rings. The Bertz CT molecular complexity index is 381. The maximum absolute atomic E-state index is 11.0. The third kappa shape index (κ3) is 2.51. The van der Waals surface area contributed by atoms with Crippen LogP contribution in [-0.4, -0.2) is 12.1 Å². The van der Waals surface area contributed by atoms with Gasteiger partial charge in [-0.25, -0.2) is 0 Å². The molecule has 2 rings (SSSR count). The molecular formula is C14H16O2. The predicted molar refractivity (Wildman–Crippen MR) is 63.1 cm³/mol. The van der Waals surface area contributed by atoms with Crippen molar-refractivity contribution in [2.75, 3.05) is 0 Å². The first-order valence-corrected chi connectivity index (χ1v) is 5.66. The highest BCUT2D eigenvalue weighted by Crippen LogP contribution is 2.30. The summed E-state index contributed by atoms with van der Waals surface area (Å²) in [5.41, 5.74) is 1.21. The lowest BCUT2D eigenvalue weighted by Gasteiger charge is -2.27. The van der Waals surface area contributed by atoms with Crippen LogP contribution in [0.2, 0.25) is 0 Å². The van der Waals surface area contributed by atoms with E-state index in [0.29, 0.717) is 0 Å². The maximum Gasteiger partial charge on any atom is 0.302 e. The lowest BCUT2D eigenvalue weighted by molar-refractivity contribution is -0.147. The molecule has 0 aromatic heterocycles. The molecule has 0 unspecified atom stereocenters. The van der Waals surface area contributed by atoms with Crippen molar-refractivity contribution in [1.82, 2.24) is 0 Å². The molecule has 1 aliphatic rings. The van der Waals surface area contributed by atoms with Gasteiger partial charge in [0, 0.05) is 12.8 Å². The van der Waals surface area contributed by atoms with E-state index >= 15 is 0 Å². The van der Waals surface area contributed by atoms with Crippen molar-refractivity contribution in [3.05, 3.63) is 48.0 Å². The van der Waals surface area contributed by atoms with Gasteiger partial charge in [0.2, 0.25) is 0 Å². The summed E-state index contributed by atoms with van der Waals surface area (Å²) in [5, 5.41) is 0. The molecule has 2 atom stereocenters. The van der Waals surface area contributed by atoms with Gasteiger partial charge in [-0.3, -0.25) is 4.79 Å². The fraction of sp³-hybridized carbons (Fsp3) is 0.357. The first-order chi connectivity index (χ1) is 7.77. The summed E-state index contributed by atoms with van der Waals surface area (Å²) in [4.78, 5) is 11.0. The van der Waals surface area contributed by atoms with Gasteiger partial charge in [-0.15, -0.1) is 0 Å². The Hall–Kier alpha value is -1.57. The van der Waals surface area contributed by atoms with Crippen molar-refractivity contribution in [3.63, 3.8) is 0 Å². The normalized spacial score (nSPS) is 24.1. The minimum Gasteiger partial charge on any atom is -0.462 e. The van der Waals surface area contributed by atoms with Gasteiger partial charge in [0.1, 0.15) is 6.10 Å². The van der Waals surface area contributed by atoms with E-state index in [1.807, 2.05) is 18.2 Å². The fourth-order valence-electron chi connectivity index (χ4n) is 2.15. The lowest BCUT2D eigenvalue weighted by Crippen LogP contribution is -2.25. The Kier molecular flexibility index (Phi) is 3.40. The standard InChI is InChI=1S/C14H16O2/c1-11(15)16-14-10-6-5-9-13(14)12-7-3-2-4-8-12/h2-5,7-9,13-14H,6,10H2,1H3/t13-,14+/m0/s1. The second kappa shape index (κ2) is 4.97. The molecule has 0 bridgehead atoms. The quantitative estimate of drug-likeness (QED) is 0.561. The summed E-state index contributed by atoms with van der Waals surface area (Å²) >= 11 is 0. The molecule has 0 saturated carbocycles. The average Bonchev–Trinajstić information content (AvgIpc) is 2.30. The van der Waals surface area contributed by atoms with Crippen molar-refractivity contribution < 1.29 is 9.53 Å². The second-order valence-electron chi connectivity index (χ2n) is 4.09. The summed E-state index contributed by atoms with van der Waals surface area (Å²) < 4.78 is 5.37. The Morgan fingerprint density at radius 2 is 2.06 bits per heavy atom. The van der Waals surface area contributed by atoms with Crippen molar-refractivity contribution in [2.45, 2.75) is 31.8 Å². The van der Waals surface area contributed by atoms with E-state index in [2.05, 4.69) is 24.3 Å². The van der Waals surface area contributed by atoms with E-state index in [9.17, 15) is 4.79 Å². The molecule has 0 aliphatic heterocycles.